The summed E-state index contributed by atoms with van der Waals surface area (Å²) < 4.78 is 1.69. The van der Waals surface area contributed by atoms with Crippen molar-refractivity contribution in [1.29, 1.82) is 0 Å². The number of hydrogen-bond donors (Lipinski definition) is 2. The van der Waals surface area contributed by atoms with E-state index in [4.69, 9.17) is 23.2 Å². The van der Waals surface area contributed by atoms with Crippen molar-refractivity contribution in [2.75, 3.05) is 13.1 Å². The van der Waals surface area contributed by atoms with Crippen molar-refractivity contribution in [2.45, 2.75) is 12.1 Å². The van der Waals surface area contributed by atoms with Crippen molar-refractivity contribution >= 4 is 23.2 Å². The van der Waals surface area contributed by atoms with Crippen molar-refractivity contribution in [2.24, 2.45) is 0 Å². The van der Waals surface area contributed by atoms with Crippen LogP contribution in [0.5, 0.6) is 0 Å². The first-order chi connectivity index (χ1) is 6.20. The summed E-state index contributed by atoms with van der Waals surface area (Å²) in [6.07, 6.45) is 1.12. The van der Waals surface area contributed by atoms with Crippen LogP contribution in [0.3, 0.4) is 0 Å². The highest BCUT2D eigenvalue weighted by Gasteiger charge is 2.28. The second kappa shape index (κ2) is 3.46. The van der Waals surface area contributed by atoms with E-state index in [0.29, 0.717) is 18.2 Å². The van der Waals surface area contributed by atoms with Gasteiger partial charge in [-0.2, -0.15) is 0 Å². The Morgan fingerprint density at radius 1 is 1.54 bits per heavy atom. The number of nitrogens with one attached hydrogen (secondary N) is 1. The van der Waals surface area contributed by atoms with Crippen molar-refractivity contribution in [3.63, 3.8) is 0 Å². The summed E-state index contributed by atoms with van der Waals surface area (Å²) in [4.78, 5) is 3.85. The number of rotatable bonds is 1. The third kappa shape index (κ3) is 1.55. The molecule has 2 atom stereocenters. The fourth-order valence-electron chi connectivity index (χ4n) is 1.49. The number of β-amino-alcohol motifs (C(OH)–C–C–N with tert-alkyl or cyclic N) is 1. The highest BCUT2D eigenvalue weighted by Crippen LogP contribution is 2.26. The van der Waals surface area contributed by atoms with E-state index >= 15 is 0 Å². The summed E-state index contributed by atoms with van der Waals surface area (Å²) in [5, 5.41) is 13.3. The Morgan fingerprint density at radius 2 is 2.31 bits per heavy atom. The third-order valence-electron chi connectivity index (χ3n) is 2.20. The molecular formula is C7H9Cl2N3O. The van der Waals surface area contributed by atoms with Crippen LogP contribution < -0.4 is 5.32 Å². The summed E-state index contributed by atoms with van der Waals surface area (Å²) in [5.41, 5.74) is 0. The van der Waals surface area contributed by atoms with Crippen LogP contribution in [-0.4, -0.2) is 33.9 Å². The van der Waals surface area contributed by atoms with Gasteiger partial charge in [0.05, 0.1) is 18.5 Å². The lowest BCUT2D eigenvalue weighted by Gasteiger charge is -2.15. The molecule has 0 saturated carbocycles. The smallest absolute Gasteiger partial charge is 0.166 e. The van der Waals surface area contributed by atoms with Gasteiger partial charge in [-0.3, -0.25) is 0 Å². The van der Waals surface area contributed by atoms with Gasteiger partial charge in [-0.25, -0.2) is 4.98 Å². The van der Waals surface area contributed by atoms with Crippen LogP contribution in [0.2, 0.25) is 10.3 Å². The maximum Gasteiger partial charge on any atom is 0.166 e. The summed E-state index contributed by atoms with van der Waals surface area (Å²) >= 11 is 11.6. The van der Waals surface area contributed by atoms with E-state index in [1.165, 1.54) is 0 Å². The van der Waals surface area contributed by atoms with E-state index in [1.54, 1.807) is 10.9 Å². The Kier molecular flexibility index (Phi) is 2.47. The molecule has 1 fully saturated rings. The first-order valence-electron chi connectivity index (χ1n) is 3.96. The van der Waals surface area contributed by atoms with Gasteiger partial charge in [0.1, 0.15) is 5.15 Å². The van der Waals surface area contributed by atoms with Gasteiger partial charge in [-0.05, 0) is 0 Å². The van der Waals surface area contributed by atoms with Crippen LogP contribution in [0.1, 0.15) is 6.04 Å². The molecule has 1 aromatic heterocycles. The molecule has 0 amide bonds. The molecule has 72 valence electrons. The van der Waals surface area contributed by atoms with Crippen LogP contribution in [0.25, 0.3) is 0 Å². The summed E-state index contributed by atoms with van der Waals surface area (Å²) in [6, 6.07) is -0.0625. The van der Waals surface area contributed by atoms with Crippen LogP contribution in [0, 0.1) is 0 Å². The van der Waals surface area contributed by atoms with E-state index < -0.39 is 6.10 Å². The number of halogens is 2. The minimum atomic E-state index is -0.428. The molecule has 1 saturated heterocycles. The van der Waals surface area contributed by atoms with Gasteiger partial charge in [-0.15, -0.1) is 0 Å². The lowest BCUT2D eigenvalue weighted by Crippen LogP contribution is -2.21. The molecule has 6 heteroatoms. The van der Waals surface area contributed by atoms with Gasteiger partial charge in [0, 0.05) is 13.1 Å². The average molecular weight is 222 g/mol. The lowest BCUT2D eigenvalue weighted by molar-refractivity contribution is 0.151. The molecule has 4 nitrogen and oxygen atoms in total. The van der Waals surface area contributed by atoms with E-state index in [2.05, 4.69) is 10.3 Å². The summed E-state index contributed by atoms with van der Waals surface area (Å²) in [6.45, 7) is 1.27. The first kappa shape index (κ1) is 9.27. The number of nitrogens with zero attached hydrogens (tertiary/aromatic N) is 2. The number of hydrogen-bond acceptors (Lipinski definition) is 3. The largest absolute Gasteiger partial charge is 0.390 e. The van der Waals surface area contributed by atoms with Gasteiger partial charge >= 0.3 is 0 Å². The molecular weight excluding hydrogens is 213 g/mol. The molecule has 1 aliphatic rings. The van der Waals surface area contributed by atoms with Gasteiger partial charge in [0.2, 0.25) is 0 Å². The highest BCUT2D eigenvalue weighted by molar-refractivity contribution is 6.40. The molecule has 1 aliphatic heterocycles. The fraction of sp³-hybridized carbons (Fsp3) is 0.571. The zero-order valence-electron chi connectivity index (χ0n) is 6.74. The lowest BCUT2D eigenvalue weighted by atomic mass is 10.2. The number of imidazole rings is 1. The molecule has 13 heavy (non-hydrogen) atoms. The molecule has 2 rings (SSSR count). The molecule has 0 bridgehead atoms. The Balaban J connectivity index is 2.29. The monoisotopic (exact) mass is 221 g/mol. The molecule has 0 radical (unpaired) electrons. The van der Waals surface area contributed by atoms with Crippen LogP contribution in [0.4, 0.5) is 0 Å². The van der Waals surface area contributed by atoms with E-state index in [1.807, 2.05) is 0 Å². The number of aliphatic hydroxyl groups is 1. The number of aliphatic hydroxyl groups excluding tert-OH is 1. The topological polar surface area (TPSA) is 50.1 Å². The first-order valence-corrected chi connectivity index (χ1v) is 4.72. The molecule has 0 aromatic carbocycles. The predicted molar refractivity (Wildman–Crippen MR) is 50.2 cm³/mol. The fourth-order valence-corrected chi connectivity index (χ4v) is 1.85. The SMILES string of the molecule is O[C@@H]1CNCC1n1cnc(Cl)c1Cl. The summed E-state index contributed by atoms with van der Waals surface area (Å²) in [7, 11) is 0. The summed E-state index contributed by atoms with van der Waals surface area (Å²) in [5.74, 6) is 0. The van der Waals surface area contributed by atoms with Crippen LogP contribution in [-0.2, 0) is 0 Å². The van der Waals surface area contributed by atoms with Gasteiger partial charge in [0.15, 0.2) is 5.15 Å². The van der Waals surface area contributed by atoms with Gasteiger partial charge in [0.25, 0.3) is 0 Å². The van der Waals surface area contributed by atoms with Crippen molar-refractivity contribution in [3.8, 4) is 0 Å². The van der Waals surface area contributed by atoms with Crippen LogP contribution >= 0.6 is 23.2 Å². The average Bonchev–Trinajstić information content (AvgIpc) is 2.62. The second-order valence-electron chi connectivity index (χ2n) is 3.03. The molecule has 2 heterocycles. The quantitative estimate of drug-likeness (QED) is 0.735. The Hall–Kier alpha value is -0.290. The molecule has 2 N–H and O–H groups in total. The Bertz CT molecular complexity index is 315. The van der Waals surface area contributed by atoms with Crippen molar-refractivity contribution in [1.82, 2.24) is 14.9 Å². The normalized spacial score (nSPS) is 28.2. The Labute approximate surface area is 85.5 Å². The molecule has 1 unspecified atom stereocenters. The molecule has 0 aliphatic carbocycles. The minimum absolute atomic E-state index is 0.0625. The Morgan fingerprint density at radius 3 is 2.77 bits per heavy atom. The zero-order valence-corrected chi connectivity index (χ0v) is 8.26. The zero-order chi connectivity index (χ0) is 9.42. The highest BCUT2D eigenvalue weighted by atomic mass is 35.5. The standard InChI is InChI=1S/C7H9Cl2N3O/c8-6-7(9)12(3-11-6)4-1-10-2-5(4)13/h3-5,10,13H,1-2H2/t4?,5-/m1/s1. The third-order valence-corrected chi connectivity index (χ3v) is 2.95. The maximum absolute atomic E-state index is 9.56. The van der Waals surface area contributed by atoms with E-state index in [9.17, 15) is 5.11 Å². The van der Waals surface area contributed by atoms with Gasteiger partial charge < -0.3 is 15.0 Å². The molecule has 1 aromatic rings. The molecule has 0 spiro atoms. The van der Waals surface area contributed by atoms with E-state index in [0.717, 1.165) is 0 Å². The minimum Gasteiger partial charge on any atom is -0.390 e. The number of aromatic nitrogens is 2. The van der Waals surface area contributed by atoms with Crippen molar-refractivity contribution < 1.29 is 5.11 Å². The van der Waals surface area contributed by atoms with Crippen LogP contribution in [0.15, 0.2) is 6.33 Å². The maximum atomic E-state index is 9.56. The van der Waals surface area contributed by atoms with E-state index in [-0.39, 0.29) is 11.2 Å². The predicted octanol–water partition coefficient (Wildman–Crippen LogP) is 0.695. The second-order valence-corrected chi connectivity index (χ2v) is 3.74. The van der Waals surface area contributed by atoms with Gasteiger partial charge in [-0.1, -0.05) is 23.2 Å². The van der Waals surface area contributed by atoms with Crippen molar-refractivity contribution in [3.05, 3.63) is 16.6 Å².